The molecular formula is C19H14N2O2. The average Bonchev–Trinajstić information content (AvgIpc) is 2.92. The first-order valence-electron chi connectivity index (χ1n) is 7.35. The van der Waals surface area contributed by atoms with Gasteiger partial charge >= 0.3 is 0 Å². The van der Waals surface area contributed by atoms with Crippen molar-refractivity contribution in [2.24, 2.45) is 10.2 Å². The largest absolute Gasteiger partial charge is 0.508 e. The third kappa shape index (κ3) is 2.44. The lowest BCUT2D eigenvalue weighted by atomic mass is 10.1. The van der Waals surface area contributed by atoms with Gasteiger partial charge < -0.3 is 10.2 Å². The molecule has 0 saturated heterocycles. The van der Waals surface area contributed by atoms with E-state index in [1.54, 1.807) is 0 Å². The van der Waals surface area contributed by atoms with E-state index in [-0.39, 0.29) is 11.5 Å². The van der Waals surface area contributed by atoms with Gasteiger partial charge in [0.2, 0.25) is 0 Å². The summed E-state index contributed by atoms with van der Waals surface area (Å²) in [5.74, 6) is -0.101. The summed E-state index contributed by atoms with van der Waals surface area (Å²) in [7, 11) is 0. The second-order valence-corrected chi connectivity index (χ2v) is 5.55. The maximum atomic E-state index is 9.74. The third-order valence-electron chi connectivity index (χ3n) is 4.01. The molecule has 0 heterocycles. The number of azo groups is 1. The Hall–Kier alpha value is -3.14. The van der Waals surface area contributed by atoms with Crippen molar-refractivity contribution in [3.8, 4) is 22.6 Å². The minimum absolute atomic E-state index is 0.00409. The van der Waals surface area contributed by atoms with Gasteiger partial charge in [0, 0.05) is 6.07 Å². The number of hydrogen-bond acceptors (Lipinski definition) is 4. The molecule has 0 bridgehead atoms. The van der Waals surface area contributed by atoms with Crippen molar-refractivity contribution in [3.63, 3.8) is 0 Å². The Morgan fingerprint density at radius 1 is 0.739 bits per heavy atom. The van der Waals surface area contributed by atoms with E-state index >= 15 is 0 Å². The van der Waals surface area contributed by atoms with E-state index in [4.69, 9.17) is 0 Å². The summed E-state index contributed by atoms with van der Waals surface area (Å²) in [6.07, 6.45) is 0.946. The van der Waals surface area contributed by atoms with Crippen molar-refractivity contribution in [1.29, 1.82) is 0 Å². The van der Waals surface area contributed by atoms with Crippen molar-refractivity contribution < 1.29 is 10.2 Å². The third-order valence-corrected chi connectivity index (χ3v) is 4.01. The van der Waals surface area contributed by atoms with Crippen molar-refractivity contribution in [2.75, 3.05) is 0 Å². The number of benzene rings is 3. The van der Waals surface area contributed by atoms with Gasteiger partial charge in [0.1, 0.15) is 17.2 Å². The molecular weight excluding hydrogens is 288 g/mol. The topological polar surface area (TPSA) is 65.2 Å². The Bertz CT molecular complexity index is 932. The first-order chi connectivity index (χ1) is 11.2. The molecule has 3 aromatic rings. The Balaban J connectivity index is 1.69. The van der Waals surface area contributed by atoms with Gasteiger partial charge in [-0.25, -0.2) is 0 Å². The number of hydrogen-bond donors (Lipinski definition) is 2. The smallest absolute Gasteiger partial charge is 0.146 e. The predicted octanol–water partition coefficient (Wildman–Crippen LogP) is 5.08. The molecule has 4 rings (SSSR count). The summed E-state index contributed by atoms with van der Waals surface area (Å²) in [5.41, 5.74) is 6.10. The van der Waals surface area contributed by atoms with E-state index in [2.05, 4.69) is 34.5 Å². The highest BCUT2D eigenvalue weighted by Crippen LogP contribution is 2.39. The van der Waals surface area contributed by atoms with E-state index in [1.807, 2.05) is 18.2 Å². The monoisotopic (exact) mass is 302 g/mol. The van der Waals surface area contributed by atoms with E-state index in [0.717, 1.165) is 12.1 Å². The van der Waals surface area contributed by atoms with Crippen LogP contribution in [-0.4, -0.2) is 10.2 Å². The Labute approximate surface area is 133 Å². The molecule has 0 atom stereocenters. The molecule has 0 amide bonds. The molecule has 0 unspecified atom stereocenters. The molecule has 112 valence electrons. The molecule has 3 aromatic carbocycles. The minimum atomic E-state index is -0.0970. The van der Waals surface area contributed by atoms with Crippen molar-refractivity contribution in [3.05, 3.63) is 71.8 Å². The average molecular weight is 302 g/mol. The van der Waals surface area contributed by atoms with Crippen LogP contribution in [-0.2, 0) is 6.42 Å². The Morgan fingerprint density at radius 2 is 1.57 bits per heavy atom. The van der Waals surface area contributed by atoms with Crippen molar-refractivity contribution >= 4 is 11.4 Å². The number of nitrogens with zero attached hydrogens (tertiary/aromatic N) is 2. The molecule has 4 heteroatoms. The summed E-state index contributed by atoms with van der Waals surface area (Å²) >= 11 is 0. The van der Waals surface area contributed by atoms with Crippen LogP contribution < -0.4 is 0 Å². The van der Waals surface area contributed by atoms with E-state index in [1.165, 1.54) is 40.5 Å². The molecule has 23 heavy (non-hydrogen) atoms. The number of phenolic OH excluding ortho intramolecular Hbond substituents is 2. The van der Waals surface area contributed by atoms with Gasteiger partial charge in [-0.3, -0.25) is 0 Å². The van der Waals surface area contributed by atoms with E-state index < -0.39 is 0 Å². The zero-order chi connectivity index (χ0) is 15.8. The van der Waals surface area contributed by atoms with E-state index in [0.29, 0.717) is 5.69 Å². The highest BCUT2D eigenvalue weighted by atomic mass is 16.3. The molecule has 0 fully saturated rings. The maximum Gasteiger partial charge on any atom is 0.146 e. The van der Waals surface area contributed by atoms with Gasteiger partial charge in [-0.05, 0) is 52.9 Å². The van der Waals surface area contributed by atoms with Crippen LogP contribution in [0.4, 0.5) is 11.4 Å². The van der Waals surface area contributed by atoms with Gasteiger partial charge in [0.05, 0.1) is 5.69 Å². The lowest BCUT2D eigenvalue weighted by Crippen LogP contribution is -1.78. The highest BCUT2D eigenvalue weighted by molar-refractivity contribution is 5.78. The summed E-state index contributed by atoms with van der Waals surface area (Å²) in [6.45, 7) is 0. The fraction of sp³-hybridized carbons (Fsp3) is 0.0526. The van der Waals surface area contributed by atoms with Crippen LogP contribution in [0.5, 0.6) is 11.5 Å². The fourth-order valence-corrected chi connectivity index (χ4v) is 2.88. The molecule has 2 N–H and O–H groups in total. The number of aromatic hydroxyl groups is 2. The Kier molecular flexibility index (Phi) is 3.08. The van der Waals surface area contributed by atoms with Crippen LogP contribution in [0, 0.1) is 0 Å². The van der Waals surface area contributed by atoms with Crippen LogP contribution in [0.15, 0.2) is 70.9 Å². The number of fused-ring (bicyclic) bond motifs is 3. The highest BCUT2D eigenvalue weighted by Gasteiger charge is 2.17. The zero-order valence-electron chi connectivity index (χ0n) is 12.3. The van der Waals surface area contributed by atoms with Crippen LogP contribution in [0.3, 0.4) is 0 Å². The summed E-state index contributed by atoms with van der Waals surface area (Å²) in [5, 5.41) is 27.3. The summed E-state index contributed by atoms with van der Waals surface area (Å²) < 4.78 is 0. The molecule has 1 aliphatic carbocycles. The second-order valence-electron chi connectivity index (χ2n) is 5.55. The van der Waals surface area contributed by atoms with E-state index in [9.17, 15) is 10.2 Å². The molecule has 4 nitrogen and oxygen atoms in total. The molecule has 0 aliphatic heterocycles. The molecule has 0 aromatic heterocycles. The molecule has 0 saturated carbocycles. The van der Waals surface area contributed by atoms with Crippen LogP contribution in [0.25, 0.3) is 11.1 Å². The predicted molar refractivity (Wildman–Crippen MR) is 88.6 cm³/mol. The van der Waals surface area contributed by atoms with Gasteiger partial charge in [0.15, 0.2) is 0 Å². The SMILES string of the molecule is Oc1ccc(N=Nc2ccc3c(c2)-c2ccccc2C3)c(O)c1. The van der Waals surface area contributed by atoms with Crippen LogP contribution in [0.1, 0.15) is 11.1 Å². The Morgan fingerprint density at radius 3 is 2.43 bits per heavy atom. The van der Waals surface area contributed by atoms with Crippen LogP contribution in [0.2, 0.25) is 0 Å². The zero-order valence-corrected chi connectivity index (χ0v) is 12.3. The molecule has 1 aliphatic rings. The van der Waals surface area contributed by atoms with Gasteiger partial charge in [-0.2, -0.15) is 5.11 Å². The van der Waals surface area contributed by atoms with Crippen LogP contribution >= 0.6 is 0 Å². The summed E-state index contributed by atoms with van der Waals surface area (Å²) in [6, 6.07) is 18.6. The second kappa shape index (κ2) is 5.25. The van der Waals surface area contributed by atoms with Crippen molar-refractivity contribution in [1.82, 2.24) is 0 Å². The first kappa shape index (κ1) is 13.5. The normalized spacial score (nSPS) is 12.3. The maximum absolute atomic E-state index is 9.74. The standard InChI is InChI=1S/C19H14N2O2/c22-15-7-8-18(19(23)11-15)21-20-14-6-5-13-9-12-3-1-2-4-16(12)17(13)10-14/h1-8,10-11,22-23H,9H2. The summed E-state index contributed by atoms with van der Waals surface area (Å²) in [4.78, 5) is 0. The fourth-order valence-electron chi connectivity index (χ4n) is 2.88. The first-order valence-corrected chi connectivity index (χ1v) is 7.35. The molecule has 0 spiro atoms. The van der Waals surface area contributed by atoms with Gasteiger partial charge in [-0.15, -0.1) is 5.11 Å². The quantitative estimate of drug-likeness (QED) is 0.507. The van der Waals surface area contributed by atoms with Crippen molar-refractivity contribution in [2.45, 2.75) is 6.42 Å². The van der Waals surface area contributed by atoms with Gasteiger partial charge in [-0.1, -0.05) is 30.3 Å². The number of rotatable bonds is 2. The molecule has 0 radical (unpaired) electrons. The minimum Gasteiger partial charge on any atom is -0.508 e. The number of phenols is 2. The van der Waals surface area contributed by atoms with Gasteiger partial charge in [0.25, 0.3) is 0 Å². The lowest BCUT2D eigenvalue weighted by molar-refractivity contribution is 0.451. The lowest BCUT2D eigenvalue weighted by Gasteiger charge is -2.02.